The molecular weight excluding hydrogens is 480 g/mol. The van der Waals surface area contributed by atoms with Gasteiger partial charge < -0.3 is 22.8 Å². The third-order valence-electron chi connectivity index (χ3n) is 6.68. The number of thioether (sulfide) groups is 2. The molecule has 10 heteroatoms. The molecule has 2 rings (SSSR count). The van der Waals surface area contributed by atoms with Gasteiger partial charge in [0.15, 0.2) is 0 Å². The first kappa shape index (κ1) is 29.0. The van der Waals surface area contributed by atoms with Crippen molar-refractivity contribution in [2.24, 2.45) is 0 Å². The van der Waals surface area contributed by atoms with Crippen molar-refractivity contribution in [3.05, 3.63) is 0 Å². The fourth-order valence-corrected chi connectivity index (χ4v) is 9.01. The van der Waals surface area contributed by atoms with Crippen LogP contribution < -0.4 is 0 Å². The maximum atomic E-state index is 13.0. The Hall–Kier alpha value is -0.263. The number of esters is 2. The molecule has 2 saturated carbocycles. The highest BCUT2D eigenvalue weighted by Gasteiger charge is 2.39. The van der Waals surface area contributed by atoms with Gasteiger partial charge in [-0.05, 0) is 71.0 Å². The highest BCUT2D eigenvalue weighted by atomic mass is 32.2. The van der Waals surface area contributed by atoms with Crippen LogP contribution >= 0.6 is 23.5 Å². The fraction of sp³-hybridized carbons (Fsp3) is 0.913. The third-order valence-corrected chi connectivity index (χ3v) is 12.2. The molecule has 192 valence electrons. The van der Waals surface area contributed by atoms with E-state index in [1.165, 1.54) is 11.8 Å². The molecule has 0 aromatic carbocycles. The lowest BCUT2D eigenvalue weighted by Crippen LogP contribution is -2.43. The molecule has 2 fully saturated rings. The molecule has 0 amide bonds. The van der Waals surface area contributed by atoms with Gasteiger partial charge in [-0.15, -0.1) is 11.8 Å². The Bertz CT molecular complexity index is 610. The molecule has 0 saturated heterocycles. The summed E-state index contributed by atoms with van der Waals surface area (Å²) < 4.78 is 28.1. The monoisotopic (exact) mass is 522 g/mol. The van der Waals surface area contributed by atoms with Crippen LogP contribution in [-0.4, -0.2) is 75.8 Å². The molecule has 0 aromatic heterocycles. The predicted octanol–water partition coefficient (Wildman–Crippen LogP) is 4.84. The molecule has 2 aliphatic carbocycles. The molecule has 33 heavy (non-hydrogen) atoms. The molecule has 0 radical (unpaired) electrons. The third kappa shape index (κ3) is 9.37. The first-order valence-electron chi connectivity index (χ1n) is 12.0. The first-order chi connectivity index (χ1) is 15.7. The van der Waals surface area contributed by atoms with Crippen LogP contribution in [-0.2, 0) is 32.3 Å². The van der Waals surface area contributed by atoms with Crippen molar-refractivity contribution in [1.29, 1.82) is 0 Å². The summed E-state index contributed by atoms with van der Waals surface area (Å²) in [6, 6.07) is 0.723. The molecule has 0 bridgehead atoms. The van der Waals surface area contributed by atoms with Crippen LogP contribution in [0, 0.1) is 0 Å². The minimum atomic E-state index is -2.56. The van der Waals surface area contributed by atoms with Crippen molar-refractivity contribution < 1.29 is 32.3 Å². The van der Waals surface area contributed by atoms with Crippen molar-refractivity contribution in [3.8, 4) is 0 Å². The molecule has 0 heterocycles. The van der Waals surface area contributed by atoms with E-state index in [1.807, 2.05) is 13.8 Å². The summed E-state index contributed by atoms with van der Waals surface area (Å²) >= 11 is 3.26. The van der Waals surface area contributed by atoms with Crippen molar-refractivity contribution in [1.82, 2.24) is 0 Å². The van der Waals surface area contributed by atoms with Crippen molar-refractivity contribution in [3.63, 3.8) is 0 Å². The van der Waals surface area contributed by atoms with Gasteiger partial charge in [-0.2, -0.15) is 11.8 Å². The number of carbonyl (C=O) groups is 2. The summed E-state index contributed by atoms with van der Waals surface area (Å²) in [5.74, 6) is 1.85. The van der Waals surface area contributed by atoms with Gasteiger partial charge in [0, 0.05) is 38.9 Å². The van der Waals surface area contributed by atoms with E-state index >= 15 is 0 Å². The smallest absolute Gasteiger partial charge is 0.459 e. The number of hydrogen-bond acceptors (Lipinski definition) is 9. The molecule has 1 unspecified atom stereocenters. The molecular formula is C23H42O7S2Si. The molecule has 0 aromatic rings. The van der Waals surface area contributed by atoms with Crippen LogP contribution in [0.4, 0.5) is 0 Å². The molecule has 0 N–H and O–H groups in total. The summed E-state index contributed by atoms with van der Waals surface area (Å²) in [5.41, 5.74) is -0.787. The van der Waals surface area contributed by atoms with Crippen LogP contribution in [0.25, 0.3) is 0 Å². The standard InChI is InChI=1S/C23H42O7S2Si/c1-22(10-6-7-11-22)29-20(24)18-19(21(25)30-23(2)12-8-9-13-23)32-15-14-31-16-17-33(26-3,27-4)28-5/h19H,6-18H2,1-5H3. The average Bonchev–Trinajstić information content (AvgIpc) is 3.41. The highest BCUT2D eigenvalue weighted by molar-refractivity contribution is 8.03. The van der Waals surface area contributed by atoms with E-state index in [4.69, 9.17) is 22.8 Å². The molecule has 2 aliphatic rings. The zero-order chi connectivity index (χ0) is 24.4. The molecule has 0 spiro atoms. The lowest BCUT2D eigenvalue weighted by atomic mass is 10.1. The Balaban J connectivity index is 1.84. The average molecular weight is 523 g/mol. The quantitative estimate of drug-likeness (QED) is 0.170. The maximum absolute atomic E-state index is 13.0. The second-order valence-electron chi connectivity index (χ2n) is 9.43. The van der Waals surface area contributed by atoms with Crippen LogP contribution in [0.1, 0.15) is 71.6 Å². The van der Waals surface area contributed by atoms with E-state index in [0.29, 0.717) is 0 Å². The van der Waals surface area contributed by atoms with E-state index in [2.05, 4.69) is 0 Å². The van der Waals surface area contributed by atoms with Gasteiger partial charge in [0.1, 0.15) is 16.5 Å². The van der Waals surface area contributed by atoms with Crippen LogP contribution in [0.15, 0.2) is 0 Å². The van der Waals surface area contributed by atoms with Crippen LogP contribution in [0.3, 0.4) is 0 Å². The summed E-state index contributed by atoms with van der Waals surface area (Å²) in [6.45, 7) is 4.00. The Kier molecular flexibility index (Phi) is 12.1. The normalized spacial score (nSPS) is 20.5. The van der Waals surface area contributed by atoms with Crippen molar-refractivity contribution in [2.45, 2.75) is 94.1 Å². The largest absolute Gasteiger partial charge is 0.500 e. The van der Waals surface area contributed by atoms with Gasteiger partial charge in [-0.25, -0.2) is 0 Å². The summed E-state index contributed by atoms with van der Waals surface area (Å²) in [4.78, 5) is 25.7. The Labute approximate surface area is 209 Å². The minimum absolute atomic E-state index is 0.0624. The second-order valence-corrected chi connectivity index (χ2v) is 15.1. The Morgan fingerprint density at radius 1 is 0.818 bits per heavy atom. The van der Waals surface area contributed by atoms with Crippen molar-refractivity contribution in [2.75, 3.05) is 38.6 Å². The molecule has 1 atom stereocenters. The topological polar surface area (TPSA) is 80.3 Å². The molecule has 0 aliphatic heterocycles. The van der Waals surface area contributed by atoms with Crippen LogP contribution in [0.5, 0.6) is 0 Å². The van der Waals surface area contributed by atoms with Gasteiger partial charge in [0.25, 0.3) is 0 Å². The summed E-state index contributed by atoms with van der Waals surface area (Å²) in [5, 5.41) is -0.536. The number of carbonyl (C=O) groups excluding carboxylic acids is 2. The lowest BCUT2D eigenvalue weighted by Gasteiger charge is -2.28. The first-order valence-corrected chi connectivity index (χ1v) is 16.1. The number of ether oxygens (including phenoxy) is 2. The zero-order valence-electron chi connectivity index (χ0n) is 20.9. The SMILES string of the molecule is CO[Si](CCSCCSC(CC(=O)OC1(C)CCCC1)C(=O)OC1(C)CCCC1)(OC)OC. The van der Waals surface area contributed by atoms with Crippen molar-refractivity contribution >= 4 is 44.3 Å². The summed E-state index contributed by atoms with van der Waals surface area (Å²) in [7, 11) is 2.29. The Morgan fingerprint density at radius 2 is 1.33 bits per heavy atom. The minimum Gasteiger partial charge on any atom is -0.459 e. The van der Waals surface area contributed by atoms with E-state index in [1.54, 1.807) is 33.1 Å². The second kappa shape index (κ2) is 13.7. The van der Waals surface area contributed by atoms with E-state index in [0.717, 1.165) is 74.7 Å². The summed E-state index contributed by atoms with van der Waals surface area (Å²) in [6.07, 6.45) is 7.94. The van der Waals surface area contributed by atoms with Gasteiger partial charge in [0.2, 0.25) is 0 Å². The molecule has 7 nitrogen and oxygen atoms in total. The number of rotatable bonds is 15. The fourth-order valence-electron chi connectivity index (χ4n) is 4.54. The number of hydrogen-bond donors (Lipinski definition) is 0. The highest BCUT2D eigenvalue weighted by Crippen LogP contribution is 2.35. The van der Waals surface area contributed by atoms with E-state index in [9.17, 15) is 9.59 Å². The zero-order valence-corrected chi connectivity index (χ0v) is 23.6. The predicted molar refractivity (Wildman–Crippen MR) is 136 cm³/mol. The van der Waals surface area contributed by atoms with Gasteiger partial charge in [-0.3, -0.25) is 9.59 Å². The van der Waals surface area contributed by atoms with Gasteiger partial charge >= 0.3 is 20.7 Å². The van der Waals surface area contributed by atoms with E-state index in [-0.39, 0.29) is 24.0 Å². The maximum Gasteiger partial charge on any atom is 0.500 e. The van der Waals surface area contributed by atoms with Gasteiger partial charge in [0.05, 0.1) is 6.42 Å². The van der Waals surface area contributed by atoms with Crippen LogP contribution in [0.2, 0.25) is 6.04 Å². The van der Waals surface area contributed by atoms with E-state index < -0.39 is 19.7 Å². The lowest BCUT2D eigenvalue weighted by molar-refractivity contribution is -0.164. The Morgan fingerprint density at radius 3 is 1.85 bits per heavy atom. The van der Waals surface area contributed by atoms with Gasteiger partial charge in [-0.1, -0.05) is 0 Å².